The SMILES string of the molecule is Cc1nccn1-c1cc(Oc2ccc(NC(=O)C(C)C)cc2)ncn1. The lowest BCUT2D eigenvalue weighted by Gasteiger charge is -2.10. The average molecular weight is 337 g/mol. The maximum absolute atomic E-state index is 11.7. The Balaban J connectivity index is 1.72. The number of aryl methyl sites for hydroxylation is 1. The molecule has 0 unspecified atom stereocenters. The monoisotopic (exact) mass is 337 g/mol. The quantitative estimate of drug-likeness (QED) is 0.772. The van der Waals surface area contributed by atoms with Gasteiger partial charge < -0.3 is 10.1 Å². The highest BCUT2D eigenvalue weighted by atomic mass is 16.5. The first-order valence-electron chi connectivity index (χ1n) is 7.94. The van der Waals surface area contributed by atoms with Crippen molar-refractivity contribution in [2.45, 2.75) is 20.8 Å². The summed E-state index contributed by atoms with van der Waals surface area (Å²) in [5.41, 5.74) is 0.725. The molecule has 7 nitrogen and oxygen atoms in total. The fourth-order valence-corrected chi connectivity index (χ4v) is 2.15. The number of imidazole rings is 1. The Hall–Kier alpha value is -3.22. The third-order valence-corrected chi connectivity index (χ3v) is 3.57. The third-order valence-electron chi connectivity index (χ3n) is 3.57. The van der Waals surface area contributed by atoms with E-state index in [1.165, 1.54) is 6.33 Å². The molecule has 0 fully saturated rings. The number of hydrogen-bond acceptors (Lipinski definition) is 5. The molecule has 0 saturated carbocycles. The lowest BCUT2D eigenvalue weighted by Crippen LogP contribution is -2.17. The molecule has 3 aromatic rings. The highest BCUT2D eigenvalue weighted by Gasteiger charge is 2.08. The number of carbonyl (C=O) groups is 1. The van der Waals surface area contributed by atoms with Crippen LogP contribution in [0.1, 0.15) is 19.7 Å². The highest BCUT2D eigenvalue weighted by molar-refractivity contribution is 5.92. The normalized spacial score (nSPS) is 10.7. The van der Waals surface area contributed by atoms with E-state index in [0.29, 0.717) is 17.4 Å². The number of anilines is 1. The van der Waals surface area contributed by atoms with Crippen molar-refractivity contribution in [3.8, 4) is 17.4 Å². The van der Waals surface area contributed by atoms with Crippen molar-refractivity contribution in [2.75, 3.05) is 5.32 Å². The van der Waals surface area contributed by atoms with Crippen molar-refractivity contribution in [1.82, 2.24) is 19.5 Å². The van der Waals surface area contributed by atoms with Gasteiger partial charge in [0, 0.05) is 30.1 Å². The summed E-state index contributed by atoms with van der Waals surface area (Å²) < 4.78 is 7.61. The lowest BCUT2D eigenvalue weighted by molar-refractivity contribution is -0.118. The molecule has 0 spiro atoms. The van der Waals surface area contributed by atoms with Crippen LogP contribution in [-0.4, -0.2) is 25.4 Å². The second-order valence-electron chi connectivity index (χ2n) is 5.83. The van der Waals surface area contributed by atoms with Crippen LogP contribution in [0.25, 0.3) is 5.82 Å². The first kappa shape index (κ1) is 16.6. The van der Waals surface area contributed by atoms with Gasteiger partial charge in [0.2, 0.25) is 11.8 Å². The van der Waals surface area contributed by atoms with Crippen LogP contribution >= 0.6 is 0 Å². The molecule has 1 N–H and O–H groups in total. The van der Waals surface area contributed by atoms with Gasteiger partial charge >= 0.3 is 0 Å². The van der Waals surface area contributed by atoms with Crippen molar-refractivity contribution in [3.05, 3.63) is 54.9 Å². The number of rotatable bonds is 5. The van der Waals surface area contributed by atoms with Crippen LogP contribution in [0.2, 0.25) is 0 Å². The average Bonchev–Trinajstić information content (AvgIpc) is 3.03. The van der Waals surface area contributed by atoms with Gasteiger partial charge in [0.25, 0.3) is 0 Å². The Bertz CT molecular complexity index is 871. The second-order valence-corrected chi connectivity index (χ2v) is 5.83. The van der Waals surface area contributed by atoms with E-state index in [2.05, 4.69) is 20.3 Å². The number of ether oxygens (including phenoxy) is 1. The number of nitrogens with zero attached hydrogens (tertiary/aromatic N) is 4. The van der Waals surface area contributed by atoms with Crippen LogP contribution < -0.4 is 10.1 Å². The fraction of sp³-hybridized carbons (Fsp3) is 0.222. The van der Waals surface area contributed by atoms with Gasteiger partial charge in [-0.25, -0.2) is 15.0 Å². The molecule has 1 amide bonds. The van der Waals surface area contributed by atoms with Gasteiger partial charge in [0.15, 0.2) is 0 Å². The smallest absolute Gasteiger partial charge is 0.226 e. The van der Waals surface area contributed by atoms with Crippen LogP contribution in [0.15, 0.2) is 49.1 Å². The molecule has 1 aromatic carbocycles. The minimum Gasteiger partial charge on any atom is -0.439 e. The molecule has 2 heterocycles. The Kier molecular flexibility index (Phi) is 4.74. The van der Waals surface area contributed by atoms with Crippen molar-refractivity contribution in [2.24, 2.45) is 5.92 Å². The number of aromatic nitrogens is 4. The Morgan fingerprint density at radius 1 is 1.16 bits per heavy atom. The molecule has 7 heteroatoms. The van der Waals surface area contributed by atoms with Crippen molar-refractivity contribution < 1.29 is 9.53 Å². The van der Waals surface area contributed by atoms with Crippen LogP contribution in [0.3, 0.4) is 0 Å². The predicted molar refractivity (Wildman–Crippen MR) is 93.9 cm³/mol. The van der Waals surface area contributed by atoms with Gasteiger partial charge in [0.05, 0.1) is 0 Å². The molecule has 0 radical (unpaired) electrons. The summed E-state index contributed by atoms with van der Waals surface area (Å²) in [4.78, 5) is 24.2. The number of hydrogen-bond donors (Lipinski definition) is 1. The largest absolute Gasteiger partial charge is 0.439 e. The molecule has 0 atom stereocenters. The molecule has 0 bridgehead atoms. The van der Waals surface area contributed by atoms with Crippen LogP contribution in [0.5, 0.6) is 11.6 Å². The van der Waals surface area contributed by atoms with Gasteiger partial charge in [-0.05, 0) is 31.2 Å². The third kappa shape index (κ3) is 4.00. The summed E-state index contributed by atoms with van der Waals surface area (Å²) in [7, 11) is 0. The number of amides is 1. The molecule has 128 valence electrons. The molecule has 0 aliphatic heterocycles. The minimum absolute atomic E-state index is 0.0233. The highest BCUT2D eigenvalue weighted by Crippen LogP contribution is 2.22. The van der Waals surface area contributed by atoms with E-state index in [-0.39, 0.29) is 11.8 Å². The minimum atomic E-state index is -0.0676. The summed E-state index contributed by atoms with van der Waals surface area (Å²) in [6.07, 6.45) is 4.98. The molecule has 0 aliphatic rings. The lowest BCUT2D eigenvalue weighted by atomic mass is 10.2. The van der Waals surface area contributed by atoms with E-state index in [9.17, 15) is 4.79 Å². The Morgan fingerprint density at radius 3 is 2.56 bits per heavy atom. The first-order chi connectivity index (χ1) is 12.0. The molecule has 0 aliphatic carbocycles. The van der Waals surface area contributed by atoms with Crippen LogP contribution in [0, 0.1) is 12.8 Å². The van der Waals surface area contributed by atoms with E-state index in [4.69, 9.17) is 4.74 Å². The molecular formula is C18H19N5O2. The molecule has 25 heavy (non-hydrogen) atoms. The van der Waals surface area contributed by atoms with Gasteiger partial charge in [-0.1, -0.05) is 13.8 Å². The standard InChI is InChI=1S/C18H19N5O2/c1-12(2)18(24)22-14-4-6-15(7-5-14)25-17-10-16(20-11-21-17)23-9-8-19-13(23)3/h4-12H,1-3H3,(H,22,24). The summed E-state index contributed by atoms with van der Waals surface area (Å²) in [5.74, 6) is 2.47. The summed E-state index contributed by atoms with van der Waals surface area (Å²) in [6.45, 7) is 5.59. The number of benzene rings is 1. The Morgan fingerprint density at radius 2 is 1.92 bits per heavy atom. The van der Waals surface area contributed by atoms with Crippen LogP contribution in [0.4, 0.5) is 5.69 Å². The molecule has 0 saturated heterocycles. The van der Waals surface area contributed by atoms with E-state index in [0.717, 1.165) is 11.5 Å². The van der Waals surface area contributed by atoms with Gasteiger partial charge in [-0.2, -0.15) is 0 Å². The van der Waals surface area contributed by atoms with Gasteiger partial charge in [0.1, 0.15) is 23.7 Å². The van der Waals surface area contributed by atoms with E-state index in [1.807, 2.05) is 31.5 Å². The van der Waals surface area contributed by atoms with E-state index >= 15 is 0 Å². The van der Waals surface area contributed by atoms with Crippen molar-refractivity contribution in [1.29, 1.82) is 0 Å². The number of carbonyl (C=O) groups excluding carboxylic acids is 1. The topological polar surface area (TPSA) is 81.9 Å². The summed E-state index contributed by atoms with van der Waals surface area (Å²) >= 11 is 0. The van der Waals surface area contributed by atoms with Crippen molar-refractivity contribution in [3.63, 3.8) is 0 Å². The Labute approximate surface area is 145 Å². The van der Waals surface area contributed by atoms with Crippen LogP contribution in [-0.2, 0) is 4.79 Å². The number of nitrogens with one attached hydrogen (secondary N) is 1. The molecular weight excluding hydrogens is 318 g/mol. The zero-order valence-corrected chi connectivity index (χ0v) is 14.3. The fourth-order valence-electron chi connectivity index (χ4n) is 2.15. The summed E-state index contributed by atoms with van der Waals surface area (Å²) in [6, 6.07) is 8.87. The van der Waals surface area contributed by atoms with Crippen molar-refractivity contribution >= 4 is 11.6 Å². The second kappa shape index (κ2) is 7.12. The predicted octanol–water partition coefficient (Wildman–Crippen LogP) is 3.36. The van der Waals surface area contributed by atoms with E-state index in [1.54, 1.807) is 36.5 Å². The maximum atomic E-state index is 11.7. The zero-order chi connectivity index (χ0) is 17.8. The molecule has 3 rings (SSSR count). The van der Waals surface area contributed by atoms with Gasteiger partial charge in [-0.15, -0.1) is 0 Å². The summed E-state index contributed by atoms with van der Waals surface area (Å²) in [5, 5.41) is 2.84. The zero-order valence-electron chi connectivity index (χ0n) is 14.3. The molecule has 2 aromatic heterocycles. The maximum Gasteiger partial charge on any atom is 0.226 e. The van der Waals surface area contributed by atoms with Gasteiger partial charge in [-0.3, -0.25) is 9.36 Å². The van der Waals surface area contributed by atoms with E-state index < -0.39 is 0 Å². The first-order valence-corrected chi connectivity index (χ1v) is 7.94.